The summed E-state index contributed by atoms with van der Waals surface area (Å²) in [6, 6.07) is 0.0582. The average Bonchev–Trinajstić information content (AvgIpc) is 3.24. The van der Waals surface area contributed by atoms with Gasteiger partial charge in [0.2, 0.25) is 10.0 Å². The molecule has 5 heteroatoms. The molecule has 0 bridgehead atoms. The third-order valence-corrected chi connectivity index (χ3v) is 7.00. The van der Waals surface area contributed by atoms with E-state index in [1.54, 1.807) is 0 Å². The van der Waals surface area contributed by atoms with Crippen LogP contribution in [0.1, 0.15) is 40.7 Å². The van der Waals surface area contributed by atoms with Crippen LogP contribution in [0.4, 0.5) is 0 Å². The number of nitrogens with zero attached hydrogens (tertiary/aromatic N) is 1. The van der Waals surface area contributed by atoms with Gasteiger partial charge in [0.15, 0.2) is 0 Å². The highest BCUT2D eigenvalue weighted by Crippen LogP contribution is 2.36. The maximum atomic E-state index is 13.1. The van der Waals surface area contributed by atoms with E-state index >= 15 is 0 Å². The summed E-state index contributed by atoms with van der Waals surface area (Å²) in [6.07, 6.45) is 1.78. The van der Waals surface area contributed by atoms with E-state index in [0.717, 1.165) is 40.7 Å². The predicted molar refractivity (Wildman–Crippen MR) is 84.1 cm³/mol. The van der Waals surface area contributed by atoms with Crippen molar-refractivity contribution in [3.05, 3.63) is 27.8 Å². The van der Waals surface area contributed by atoms with Gasteiger partial charge in [-0.05, 0) is 75.3 Å². The van der Waals surface area contributed by atoms with Crippen LogP contribution >= 0.6 is 0 Å². The predicted octanol–water partition coefficient (Wildman–Crippen LogP) is 2.37. The minimum atomic E-state index is -3.55. The highest BCUT2D eigenvalue weighted by atomic mass is 32.2. The van der Waals surface area contributed by atoms with Crippen LogP contribution in [0, 0.1) is 34.6 Å². The molecule has 21 heavy (non-hydrogen) atoms. The number of aliphatic hydroxyl groups is 1. The van der Waals surface area contributed by atoms with Crippen LogP contribution in [0.5, 0.6) is 0 Å². The van der Waals surface area contributed by atoms with Crippen LogP contribution < -0.4 is 0 Å². The monoisotopic (exact) mass is 311 g/mol. The molecule has 0 spiro atoms. The molecule has 1 fully saturated rings. The van der Waals surface area contributed by atoms with Crippen molar-refractivity contribution >= 4 is 10.0 Å². The molecule has 0 aliphatic heterocycles. The van der Waals surface area contributed by atoms with E-state index in [1.165, 1.54) is 4.31 Å². The van der Waals surface area contributed by atoms with Gasteiger partial charge in [-0.25, -0.2) is 8.42 Å². The first kappa shape index (κ1) is 16.5. The Morgan fingerprint density at radius 3 is 1.76 bits per heavy atom. The molecule has 1 aromatic carbocycles. The first-order valence-corrected chi connectivity index (χ1v) is 8.87. The second-order valence-electron chi connectivity index (χ2n) is 6.02. The molecule has 0 saturated heterocycles. The van der Waals surface area contributed by atoms with Gasteiger partial charge in [-0.3, -0.25) is 0 Å². The fraction of sp³-hybridized carbons (Fsp3) is 0.625. The van der Waals surface area contributed by atoms with Crippen molar-refractivity contribution in [2.75, 3.05) is 13.2 Å². The summed E-state index contributed by atoms with van der Waals surface area (Å²) < 4.78 is 27.6. The Labute approximate surface area is 127 Å². The van der Waals surface area contributed by atoms with Crippen molar-refractivity contribution < 1.29 is 13.5 Å². The van der Waals surface area contributed by atoms with Gasteiger partial charge >= 0.3 is 0 Å². The van der Waals surface area contributed by atoms with Crippen LogP contribution in [0.25, 0.3) is 0 Å². The maximum Gasteiger partial charge on any atom is 0.243 e. The van der Waals surface area contributed by atoms with Crippen LogP contribution in [-0.2, 0) is 10.0 Å². The Balaban J connectivity index is 2.64. The lowest BCUT2D eigenvalue weighted by molar-refractivity contribution is 0.250. The molecule has 0 unspecified atom stereocenters. The number of benzene rings is 1. The van der Waals surface area contributed by atoms with Crippen LogP contribution in [0.3, 0.4) is 0 Å². The molecule has 0 heterocycles. The van der Waals surface area contributed by atoms with Gasteiger partial charge < -0.3 is 5.11 Å². The Morgan fingerprint density at radius 2 is 1.38 bits per heavy atom. The summed E-state index contributed by atoms with van der Waals surface area (Å²) >= 11 is 0. The first-order chi connectivity index (χ1) is 9.73. The lowest BCUT2D eigenvalue weighted by Crippen LogP contribution is -2.36. The van der Waals surface area contributed by atoms with Gasteiger partial charge in [0.25, 0.3) is 0 Å². The molecule has 1 N–H and O–H groups in total. The van der Waals surface area contributed by atoms with Crippen LogP contribution in [0.15, 0.2) is 4.90 Å². The highest BCUT2D eigenvalue weighted by Gasteiger charge is 2.39. The molecule has 0 aromatic heterocycles. The summed E-state index contributed by atoms with van der Waals surface area (Å²) in [5, 5.41) is 9.21. The Hall–Kier alpha value is -0.910. The molecule has 1 aliphatic carbocycles. The van der Waals surface area contributed by atoms with E-state index in [2.05, 4.69) is 0 Å². The van der Waals surface area contributed by atoms with E-state index in [0.29, 0.717) is 4.90 Å². The van der Waals surface area contributed by atoms with Gasteiger partial charge in [-0.15, -0.1) is 0 Å². The Kier molecular flexibility index (Phi) is 4.47. The number of aliphatic hydroxyl groups excluding tert-OH is 1. The van der Waals surface area contributed by atoms with Crippen molar-refractivity contribution in [1.82, 2.24) is 4.31 Å². The Morgan fingerprint density at radius 1 is 0.952 bits per heavy atom. The van der Waals surface area contributed by atoms with Gasteiger partial charge in [0.1, 0.15) is 0 Å². The average molecular weight is 311 g/mol. The normalized spacial score (nSPS) is 15.8. The largest absolute Gasteiger partial charge is 0.395 e. The summed E-state index contributed by atoms with van der Waals surface area (Å²) in [7, 11) is -3.55. The van der Waals surface area contributed by atoms with E-state index in [9.17, 15) is 13.5 Å². The molecular formula is C16H25NO3S. The maximum absolute atomic E-state index is 13.1. The van der Waals surface area contributed by atoms with Crippen molar-refractivity contribution in [1.29, 1.82) is 0 Å². The standard InChI is InChI=1S/C16H25NO3S/c1-10-11(2)13(4)16(14(5)12(10)3)21(19,20)17(8-9-18)15-6-7-15/h15,18H,6-9H2,1-5H3. The van der Waals surface area contributed by atoms with Gasteiger partial charge in [-0.1, -0.05) is 0 Å². The summed E-state index contributed by atoms with van der Waals surface area (Å²) in [4.78, 5) is 0.434. The number of hydrogen-bond donors (Lipinski definition) is 1. The van der Waals surface area contributed by atoms with E-state index in [-0.39, 0.29) is 19.2 Å². The second-order valence-corrected chi connectivity index (χ2v) is 7.85. The first-order valence-electron chi connectivity index (χ1n) is 7.43. The van der Waals surface area contributed by atoms with Gasteiger partial charge in [0.05, 0.1) is 11.5 Å². The van der Waals surface area contributed by atoms with Gasteiger partial charge in [-0.2, -0.15) is 4.31 Å². The lowest BCUT2D eigenvalue weighted by Gasteiger charge is -2.25. The fourth-order valence-electron chi connectivity index (χ4n) is 2.93. The molecule has 118 valence electrons. The highest BCUT2D eigenvalue weighted by molar-refractivity contribution is 7.89. The third-order valence-electron chi connectivity index (χ3n) is 4.77. The summed E-state index contributed by atoms with van der Waals surface area (Å²) in [5.41, 5.74) is 4.90. The SMILES string of the molecule is Cc1c(C)c(C)c(S(=O)(=O)N(CCO)C2CC2)c(C)c1C. The Bertz CT molecular complexity index is 632. The number of rotatable bonds is 5. The third kappa shape index (κ3) is 2.74. The summed E-state index contributed by atoms with van der Waals surface area (Å²) in [6.45, 7) is 9.79. The van der Waals surface area contributed by atoms with Crippen molar-refractivity contribution in [2.45, 2.75) is 58.4 Å². The quantitative estimate of drug-likeness (QED) is 0.908. The number of sulfonamides is 1. The zero-order valence-electron chi connectivity index (χ0n) is 13.5. The number of hydrogen-bond acceptors (Lipinski definition) is 3. The molecule has 0 radical (unpaired) electrons. The molecule has 1 aliphatic rings. The molecule has 2 rings (SSSR count). The summed E-state index contributed by atoms with van der Waals surface area (Å²) in [5.74, 6) is 0. The van der Waals surface area contributed by atoms with E-state index in [4.69, 9.17) is 0 Å². The fourth-order valence-corrected chi connectivity index (χ4v) is 5.17. The molecule has 0 atom stereocenters. The van der Waals surface area contributed by atoms with Gasteiger partial charge in [0, 0.05) is 12.6 Å². The van der Waals surface area contributed by atoms with Crippen molar-refractivity contribution in [3.8, 4) is 0 Å². The minimum Gasteiger partial charge on any atom is -0.395 e. The van der Waals surface area contributed by atoms with E-state index in [1.807, 2.05) is 34.6 Å². The molecule has 0 amide bonds. The lowest BCUT2D eigenvalue weighted by atomic mass is 9.95. The molecule has 1 saturated carbocycles. The zero-order valence-corrected chi connectivity index (χ0v) is 14.3. The smallest absolute Gasteiger partial charge is 0.243 e. The molecule has 1 aromatic rings. The topological polar surface area (TPSA) is 57.6 Å². The van der Waals surface area contributed by atoms with E-state index < -0.39 is 10.0 Å². The molecular weight excluding hydrogens is 286 g/mol. The minimum absolute atomic E-state index is 0.0582. The molecule has 4 nitrogen and oxygen atoms in total. The second kappa shape index (κ2) is 5.71. The van der Waals surface area contributed by atoms with Crippen LogP contribution in [-0.4, -0.2) is 37.0 Å². The van der Waals surface area contributed by atoms with Crippen molar-refractivity contribution in [2.24, 2.45) is 0 Å². The van der Waals surface area contributed by atoms with Crippen molar-refractivity contribution in [3.63, 3.8) is 0 Å². The van der Waals surface area contributed by atoms with Crippen LogP contribution in [0.2, 0.25) is 0 Å². The zero-order chi connectivity index (χ0) is 15.9.